The highest BCUT2D eigenvalue weighted by atomic mass is 16.2. The molecular weight excluding hydrogens is 402 g/mol. The molecule has 5 rings (SSSR count). The van der Waals surface area contributed by atoms with Crippen molar-refractivity contribution in [3.05, 3.63) is 35.4 Å². The molecule has 8 nitrogen and oxygen atoms in total. The van der Waals surface area contributed by atoms with Crippen LogP contribution < -0.4 is 5.32 Å². The van der Waals surface area contributed by atoms with E-state index in [0.717, 1.165) is 61.2 Å². The van der Waals surface area contributed by atoms with Crippen LogP contribution in [-0.4, -0.2) is 61.8 Å². The van der Waals surface area contributed by atoms with Gasteiger partial charge in [0.05, 0.1) is 17.3 Å². The number of carbonyl (C=O) groups excluding carboxylic acids is 1. The van der Waals surface area contributed by atoms with Gasteiger partial charge >= 0.3 is 0 Å². The van der Waals surface area contributed by atoms with Gasteiger partial charge in [0.2, 0.25) is 5.91 Å². The van der Waals surface area contributed by atoms with Gasteiger partial charge in [-0.2, -0.15) is 10.2 Å². The highest BCUT2D eigenvalue weighted by molar-refractivity contribution is 5.80. The Bertz CT molecular complexity index is 1120. The van der Waals surface area contributed by atoms with Gasteiger partial charge in [-0.3, -0.25) is 9.89 Å². The molecular formula is C24H33N7O. The Morgan fingerprint density at radius 3 is 2.62 bits per heavy atom. The lowest BCUT2D eigenvalue weighted by Crippen LogP contribution is -2.53. The van der Waals surface area contributed by atoms with E-state index in [0.29, 0.717) is 23.8 Å². The molecule has 2 fully saturated rings. The summed E-state index contributed by atoms with van der Waals surface area (Å²) in [5, 5.41) is 15.7. The van der Waals surface area contributed by atoms with E-state index in [-0.39, 0.29) is 5.92 Å². The average molecular weight is 436 g/mol. The molecule has 1 saturated carbocycles. The van der Waals surface area contributed by atoms with Crippen molar-refractivity contribution in [1.82, 2.24) is 35.0 Å². The quantitative estimate of drug-likeness (QED) is 0.642. The van der Waals surface area contributed by atoms with Gasteiger partial charge < -0.3 is 10.2 Å². The Morgan fingerprint density at radius 2 is 1.97 bits per heavy atom. The first-order valence-corrected chi connectivity index (χ1v) is 11.8. The van der Waals surface area contributed by atoms with Crippen LogP contribution >= 0.6 is 0 Å². The van der Waals surface area contributed by atoms with Gasteiger partial charge in [0, 0.05) is 49.4 Å². The molecule has 8 heteroatoms. The molecule has 32 heavy (non-hydrogen) atoms. The lowest BCUT2D eigenvalue weighted by Gasteiger charge is -2.38. The molecule has 0 aromatic carbocycles. The van der Waals surface area contributed by atoms with Gasteiger partial charge in [-0.05, 0) is 50.2 Å². The van der Waals surface area contributed by atoms with Crippen molar-refractivity contribution in [2.75, 3.05) is 20.1 Å². The Morgan fingerprint density at radius 1 is 1.22 bits per heavy atom. The fraction of sp³-hybridized carbons (Fsp3) is 0.583. The van der Waals surface area contributed by atoms with Gasteiger partial charge in [-0.1, -0.05) is 13.8 Å². The molecule has 0 spiro atoms. The van der Waals surface area contributed by atoms with E-state index in [4.69, 9.17) is 5.10 Å². The second-order valence-corrected chi connectivity index (χ2v) is 9.80. The SMILES string of the molecule is Cc1cc(-c2[nH]nc(C3CCC(N(C)C(=O)C4CNC4)CC3)c2C(C)C)cn2ncnc12. The minimum Gasteiger partial charge on any atom is -0.342 e. The number of fused-ring (bicyclic) bond motifs is 1. The zero-order valence-corrected chi connectivity index (χ0v) is 19.4. The molecule has 1 amide bonds. The van der Waals surface area contributed by atoms with Crippen LogP contribution in [0.5, 0.6) is 0 Å². The van der Waals surface area contributed by atoms with Crippen molar-refractivity contribution in [1.29, 1.82) is 0 Å². The maximum absolute atomic E-state index is 12.6. The first-order valence-electron chi connectivity index (χ1n) is 11.8. The van der Waals surface area contributed by atoms with Gasteiger partial charge in [0.25, 0.3) is 0 Å². The molecule has 2 aliphatic rings. The molecule has 0 radical (unpaired) electrons. The van der Waals surface area contributed by atoms with E-state index >= 15 is 0 Å². The molecule has 0 atom stereocenters. The lowest BCUT2D eigenvalue weighted by atomic mass is 9.80. The van der Waals surface area contributed by atoms with Crippen molar-refractivity contribution in [3.63, 3.8) is 0 Å². The fourth-order valence-corrected chi connectivity index (χ4v) is 5.38. The van der Waals surface area contributed by atoms with Gasteiger partial charge in [0.15, 0.2) is 5.65 Å². The van der Waals surface area contributed by atoms with Gasteiger partial charge in [-0.25, -0.2) is 9.50 Å². The number of nitrogens with one attached hydrogen (secondary N) is 2. The van der Waals surface area contributed by atoms with Crippen LogP contribution in [0.25, 0.3) is 16.9 Å². The summed E-state index contributed by atoms with van der Waals surface area (Å²) in [5.41, 5.74) is 6.66. The summed E-state index contributed by atoms with van der Waals surface area (Å²) in [5.74, 6) is 1.26. The molecule has 0 bridgehead atoms. The maximum atomic E-state index is 12.6. The van der Waals surface area contributed by atoms with E-state index in [9.17, 15) is 4.79 Å². The first-order chi connectivity index (χ1) is 15.4. The van der Waals surface area contributed by atoms with Crippen molar-refractivity contribution in [2.24, 2.45) is 5.92 Å². The molecule has 2 N–H and O–H groups in total. The van der Waals surface area contributed by atoms with E-state index in [2.05, 4.69) is 47.3 Å². The third-order valence-corrected chi connectivity index (χ3v) is 7.37. The standard InChI is InChI=1S/C24H33N7O/c1-14(2)20-21(16-5-7-19(8-6-16)30(4)24(32)18-10-25-11-18)28-29-22(20)17-9-15(3)23-26-13-27-31(23)12-17/h9,12-14,16,18-19,25H,5-8,10-11H2,1-4H3,(H,28,29). The maximum Gasteiger partial charge on any atom is 0.228 e. The number of aromatic amines is 1. The summed E-state index contributed by atoms with van der Waals surface area (Å²) >= 11 is 0. The number of aromatic nitrogens is 5. The number of amides is 1. The zero-order valence-electron chi connectivity index (χ0n) is 19.4. The number of pyridine rings is 1. The van der Waals surface area contributed by atoms with E-state index in [1.54, 1.807) is 6.33 Å². The average Bonchev–Trinajstić information content (AvgIpc) is 3.39. The first kappa shape index (κ1) is 21.1. The number of carbonyl (C=O) groups is 1. The highest BCUT2D eigenvalue weighted by Crippen LogP contribution is 2.40. The topological polar surface area (TPSA) is 91.2 Å². The van der Waals surface area contributed by atoms with Crippen LogP contribution in [0.15, 0.2) is 18.6 Å². The minimum absolute atomic E-state index is 0.171. The third kappa shape index (κ3) is 3.60. The van der Waals surface area contributed by atoms with Crippen LogP contribution in [0.4, 0.5) is 0 Å². The second-order valence-electron chi connectivity index (χ2n) is 9.80. The van der Waals surface area contributed by atoms with Crippen molar-refractivity contribution in [3.8, 4) is 11.3 Å². The third-order valence-electron chi connectivity index (χ3n) is 7.37. The Balaban J connectivity index is 1.37. The predicted molar refractivity (Wildman–Crippen MR) is 124 cm³/mol. The predicted octanol–water partition coefficient (Wildman–Crippen LogP) is 3.26. The lowest BCUT2D eigenvalue weighted by molar-refractivity contribution is -0.138. The summed E-state index contributed by atoms with van der Waals surface area (Å²) in [6.45, 7) is 8.20. The molecule has 1 saturated heterocycles. The second kappa shape index (κ2) is 8.31. The van der Waals surface area contributed by atoms with Crippen LogP contribution in [0.1, 0.15) is 68.2 Å². The number of nitrogens with zero attached hydrogens (tertiary/aromatic N) is 5. The number of hydrogen-bond acceptors (Lipinski definition) is 5. The minimum atomic E-state index is 0.171. The summed E-state index contributed by atoms with van der Waals surface area (Å²) in [4.78, 5) is 19.0. The molecule has 0 unspecified atom stereocenters. The molecule has 1 aliphatic heterocycles. The molecule has 3 aromatic heterocycles. The van der Waals surface area contributed by atoms with Crippen molar-refractivity contribution >= 4 is 11.6 Å². The van der Waals surface area contributed by atoms with E-state index in [1.165, 1.54) is 11.3 Å². The summed E-state index contributed by atoms with van der Waals surface area (Å²) in [6, 6.07) is 2.51. The monoisotopic (exact) mass is 435 g/mol. The van der Waals surface area contributed by atoms with E-state index in [1.807, 2.05) is 22.7 Å². The van der Waals surface area contributed by atoms with Crippen LogP contribution in [0.3, 0.4) is 0 Å². The molecule has 170 valence electrons. The Kier molecular flexibility index (Phi) is 5.49. The van der Waals surface area contributed by atoms with E-state index < -0.39 is 0 Å². The van der Waals surface area contributed by atoms with Crippen LogP contribution in [0, 0.1) is 12.8 Å². The number of aryl methyl sites for hydroxylation is 1. The summed E-state index contributed by atoms with van der Waals surface area (Å²) < 4.78 is 1.84. The van der Waals surface area contributed by atoms with Gasteiger partial charge in [0.1, 0.15) is 6.33 Å². The fourth-order valence-electron chi connectivity index (χ4n) is 5.38. The normalized spacial score (nSPS) is 21.8. The van der Waals surface area contributed by atoms with Gasteiger partial charge in [-0.15, -0.1) is 0 Å². The largest absolute Gasteiger partial charge is 0.342 e. The smallest absolute Gasteiger partial charge is 0.228 e. The molecule has 1 aliphatic carbocycles. The Hall–Kier alpha value is -2.74. The van der Waals surface area contributed by atoms with Crippen molar-refractivity contribution in [2.45, 2.75) is 64.3 Å². The Labute approximate surface area is 188 Å². The number of hydrogen-bond donors (Lipinski definition) is 2. The van der Waals surface area contributed by atoms with Crippen LogP contribution in [0.2, 0.25) is 0 Å². The highest BCUT2D eigenvalue weighted by Gasteiger charge is 2.34. The number of H-pyrrole nitrogens is 1. The van der Waals surface area contributed by atoms with Crippen molar-refractivity contribution < 1.29 is 4.79 Å². The summed E-state index contributed by atoms with van der Waals surface area (Å²) in [7, 11) is 1.99. The summed E-state index contributed by atoms with van der Waals surface area (Å²) in [6.07, 6.45) is 7.83. The molecule has 4 heterocycles. The molecule has 3 aromatic rings. The number of rotatable bonds is 5. The van der Waals surface area contributed by atoms with Crippen LogP contribution in [-0.2, 0) is 4.79 Å². The zero-order chi connectivity index (χ0) is 22.4.